The monoisotopic (exact) mass is 685 g/mol. The van der Waals surface area contributed by atoms with Crippen LogP contribution < -0.4 is 46.1 Å². The SMILES string of the molecule is O=C(N[C@H]1[C@@H](OP(=O)(O)OP(=O)(O)OC[C@H]2O[C@@H](n3ccc(=O)[nH]c3=O)[C@H](O)[C@@H]2O)O[C@H](CO)[C@@H](O)[C@@H]1O)C(F)(F)F.[H-].[Na+]. The number of amides is 1. The molecule has 2 saturated heterocycles. The molecule has 20 nitrogen and oxygen atoms in total. The number of halogens is 3. The topological polar surface area (TPSA) is 306 Å². The number of aromatic amines is 1. The second-order valence-corrected chi connectivity index (χ2v) is 11.7. The fourth-order valence-corrected chi connectivity index (χ4v) is 5.92. The minimum atomic E-state index is -5.95. The van der Waals surface area contributed by atoms with Crippen molar-refractivity contribution in [1.82, 2.24) is 14.9 Å². The molecule has 0 spiro atoms. The average molecular weight is 685 g/mol. The number of aliphatic hydroxyl groups excluding tert-OH is 5. The number of H-pyrrole nitrogens is 1. The van der Waals surface area contributed by atoms with Crippen molar-refractivity contribution in [3.63, 3.8) is 0 Å². The summed E-state index contributed by atoms with van der Waals surface area (Å²) in [5.74, 6) is -2.72. The molecule has 1 aromatic heterocycles. The quantitative estimate of drug-likeness (QED) is 0.0816. The van der Waals surface area contributed by atoms with E-state index in [1.54, 1.807) is 0 Å². The Morgan fingerprint density at radius 1 is 1.05 bits per heavy atom. The Kier molecular flexibility index (Phi) is 12.9. The molecular weight excluding hydrogens is 660 g/mol. The summed E-state index contributed by atoms with van der Waals surface area (Å²) in [6, 6.07) is -1.57. The maximum Gasteiger partial charge on any atom is 1.00 e. The van der Waals surface area contributed by atoms with Crippen LogP contribution in [0.3, 0.4) is 0 Å². The molecule has 26 heteroatoms. The number of nitrogens with one attached hydrogen (secondary N) is 2. The summed E-state index contributed by atoms with van der Waals surface area (Å²) >= 11 is 0. The standard InChI is InChI=1S/C17H24F3N3O17P2.Na.H/c18-17(19,20)15(30)22-8-11(28)9(26)5(3-24)38-14(8)39-42(34,35)40-41(32,33)36-4-6-10(27)12(29)13(37-6)23-2-1-7(25)21-16(23)31;;/h1-2,5-6,8-14,24,26-29H,3-4H2,(H,22,30)(H,32,33)(H,34,35)(H,21,25,31);;/q;+1;-1/t5-,6-,8-,9-,10-,11-,12-,13-,14-;;/m1../s1. The van der Waals surface area contributed by atoms with Crippen LogP contribution in [-0.4, -0.2) is 119 Å². The summed E-state index contributed by atoms with van der Waals surface area (Å²) in [6.45, 7) is -2.29. The fraction of sp³-hybridized carbons (Fsp3) is 0.706. The van der Waals surface area contributed by atoms with Crippen molar-refractivity contribution in [3.05, 3.63) is 33.1 Å². The zero-order valence-electron chi connectivity index (χ0n) is 22.5. The smallest absolute Gasteiger partial charge is 1.00 e. The fourth-order valence-electron chi connectivity index (χ4n) is 3.76. The number of phosphoric acid groups is 2. The number of alkyl halides is 3. The first-order chi connectivity index (χ1) is 19.3. The summed E-state index contributed by atoms with van der Waals surface area (Å²) in [5, 5.41) is 50.7. The number of hydrogen-bond acceptors (Lipinski definition) is 15. The molecule has 0 aliphatic carbocycles. The first-order valence-corrected chi connectivity index (χ1v) is 14.3. The van der Waals surface area contributed by atoms with Gasteiger partial charge in [0.2, 0.25) is 0 Å². The van der Waals surface area contributed by atoms with Crippen molar-refractivity contribution in [1.29, 1.82) is 0 Å². The van der Waals surface area contributed by atoms with E-state index in [1.807, 2.05) is 4.98 Å². The second-order valence-electron chi connectivity index (χ2n) is 8.69. The summed E-state index contributed by atoms with van der Waals surface area (Å²) < 4.78 is 86.4. The molecule has 1 aromatic rings. The van der Waals surface area contributed by atoms with Crippen LogP contribution in [-0.2, 0) is 36.8 Å². The third-order valence-electron chi connectivity index (χ3n) is 5.74. The van der Waals surface area contributed by atoms with E-state index in [0.29, 0.717) is 4.57 Å². The minimum Gasteiger partial charge on any atom is -1.00 e. The van der Waals surface area contributed by atoms with Crippen LogP contribution in [0.1, 0.15) is 7.65 Å². The van der Waals surface area contributed by atoms with Gasteiger partial charge in [0.05, 0.1) is 13.2 Å². The molecule has 2 aliphatic rings. The number of ether oxygens (including phenoxy) is 2. The normalized spacial score (nSPS) is 34.0. The summed E-state index contributed by atoms with van der Waals surface area (Å²) in [5.41, 5.74) is -1.87. The van der Waals surface area contributed by atoms with E-state index in [2.05, 4.69) is 13.4 Å². The van der Waals surface area contributed by atoms with E-state index in [9.17, 15) is 72.0 Å². The Balaban J connectivity index is 0.00000484. The molecule has 0 bridgehead atoms. The van der Waals surface area contributed by atoms with Crippen LogP contribution in [0.5, 0.6) is 0 Å². The first kappa shape index (κ1) is 38.1. The maximum atomic E-state index is 12.7. The third-order valence-corrected chi connectivity index (χ3v) is 8.34. The van der Waals surface area contributed by atoms with Crippen molar-refractivity contribution in [2.24, 2.45) is 0 Å². The van der Waals surface area contributed by atoms with Crippen molar-refractivity contribution in [2.75, 3.05) is 13.2 Å². The van der Waals surface area contributed by atoms with Crippen molar-refractivity contribution >= 4 is 21.6 Å². The van der Waals surface area contributed by atoms with E-state index in [4.69, 9.17) is 9.47 Å². The molecule has 9 N–H and O–H groups in total. The minimum absolute atomic E-state index is 0. The van der Waals surface area contributed by atoms with Gasteiger partial charge in [-0.2, -0.15) is 17.5 Å². The van der Waals surface area contributed by atoms with Crippen LogP contribution >= 0.6 is 15.6 Å². The number of carbonyl (C=O) groups is 1. The van der Waals surface area contributed by atoms with Crippen LogP contribution in [0.25, 0.3) is 0 Å². The molecule has 0 radical (unpaired) electrons. The molecule has 242 valence electrons. The van der Waals surface area contributed by atoms with Crippen LogP contribution in [0.4, 0.5) is 13.2 Å². The van der Waals surface area contributed by atoms with Crippen molar-refractivity contribution in [3.8, 4) is 0 Å². The molecule has 0 aromatic carbocycles. The van der Waals surface area contributed by atoms with Gasteiger partial charge < -0.3 is 51.5 Å². The number of phosphoric ester groups is 2. The maximum absolute atomic E-state index is 12.7. The molecule has 11 atom stereocenters. The largest absolute Gasteiger partial charge is 1.00 e. The number of aliphatic hydroxyl groups is 5. The molecule has 2 unspecified atom stereocenters. The van der Waals surface area contributed by atoms with Crippen LogP contribution in [0.15, 0.2) is 21.9 Å². The molecule has 1 amide bonds. The Hall–Kier alpha value is -1.08. The summed E-state index contributed by atoms with van der Waals surface area (Å²) in [7, 11) is -11.7. The van der Waals surface area contributed by atoms with Crippen molar-refractivity contribution < 1.29 is 116 Å². The number of carbonyl (C=O) groups excluding carboxylic acids is 1. The van der Waals surface area contributed by atoms with E-state index in [1.165, 1.54) is 0 Å². The zero-order chi connectivity index (χ0) is 31.8. The second kappa shape index (κ2) is 14.6. The van der Waals surface area contributed by atoms with Gasteiger partial charge in [-0.05, 0) is 0 Å². The van der Waals surface area contributed by atoms with Gasteiger partial charge in [-0.25, -0.2) is 13.9 Å². The van der Waals surface area contributed by atoms with Gasteiger partial charge in [0.15, 0.2) is 12.5 Å². The molecule has 43 heavy (non-hydrogen) atoms. The van der Waals surface area contributed by atoms with Gasteiger partial charge in [0, 0.05) is 12.3 Å². The van der Waals surface area contributed by atoms with E-state index >= 15 is 0 Å². The van der Waals surface area contributed by atoms with E-state index < -0.39 is 107 Å². The molecule has 3 rings (SSSR count). The van der Waals surface area contributed by atoms with Crippen LogP contribution in [0, 0.1) is 0 Å². The molecule has 2 aliphatic heterocycles. The van der Waals surface area contributed by atoms with Crippen LogP contribution in [0.2, 0.25) is 0 Å². The van der Waals surface area contributed by atoms with Gasteiger partial charge in [0.25, 0.3) is 5.56 Å². The Morgan fingerprint density at radius 2 is 1.65 bits per heavy atom. The Morgan fingerprint density at radius 3 is 2.21 bits per heavy atom. The van der Waals surface area contributed by atoms with Crippen molar-refractivity contribution in [2.45, 2.75) is 61.4 Å². The number of aromatic nitrogens is 2. The molecule has 0 saturated carbocycles. The van der Waals surface area contributed by atoms with E-state index in [0.717, 1.165) is 17.6 Å². The van der Waals surface area contributed by atoms with Gasteiger partial charge in [-0.15, -0.1) is 0 Å². The number of rotatable bonds is 10. The molecular formula is C17H25F3N3NaO17P2. The average Bonchev–Trinajstić information content (AvgIpc) is 3.14. The summed E-state index contributed by atoms with van der Waals surface area (Å²) in [4.78, 5) is 56.2. The van der Waals surface area contributed by atoms with Gasteiger partial charge in [0.1, 0.15) is 42.7 Å². The van der Waals surface area contributed by atoms with Gasteiger partial charge in [-0.1, -0.05) is 0 Å². The number of hydrogen-bond donors (Lipinski definition) is 9. The van der Waals surface area contributed by atoms with Gasteiger partial charge >= 0.3 is 63.0 Å². The Bertz CT molecular complexity index is 1360. The first-order valence-electron chi connectivity index (χ1n) is 11.3. The molecule has 2 fully saturated rings. The van der Waals surface area contributed by atoms with Gasteiger partial charge in [-0.3, -0.25) is 28.2 Å². The summed E-state index contributed by atoms with van der Waals surface area (Å²) in [6.07, 6.45) is -20.8. The van der Waals surface area contributed by atoms with E-state index in [-0.39, 0.29) is 31.0 Å². The third kappa shape index (κ3) is 9.47. The number of nitrogens with zero attached hydrogens (tertiary/aromatic N) is 1. The predicted molar refractivity (Wildman–Crippen MR) is 122 cm³/mol. The zero-order valence-corrected chi connectivity index (χ0v) is 25.2. The predicted octanol–water partition coefficient (Wildman–Crippen LogP) is -6.99. The molecule has 3 heterocycles. The Labute approximate surface area is 259 Å².